The lowest BCUT2D eigenvalue weighted by Gasteiger charge is -2.10. The molecule has 0 aliphatic rings. The number of rotatable bonds is 4. The van der Waals surface area contributed by atoms with Crippen molar-refractivity contribution in [2.45, 2.75) is 6.92 Å². The van der Waals surface area contributed by atoms with Gasteiger partial charge in [0.15, 0.2) is 0 Å². The molecule has 0 spiro atoms. The SMILES string of the molecule is Cc1ccc(-c2cn[nH]c2)c(OCCO)c1. The Bertz CT molecular complexity index is 452. The second-order valence-corrected chi connectivity index (χ2v) is 3.56. The first-order valence-corrected chi connectivity index (χ1v) is 5.14. The van der Waals surface area contributed by atoms with Gasteiger partial charge in [-0.3, -0.25) is 5.10 Å². The molecule has 16 heavy (non-hydrogen) atoms. The molecule has 0 aliphatic heterocycles. The molecule has 0 saturated carbocycles. The largest absolute Gasteiger partial charge is 0.491 e. The van der Waals surface area contributed by atoms with Crippen LogP contribution >= 0.6 is 0 Å². The van der Waals surface area contributed by atoms with E-state index in [1.165, 1.54) is 0 Å². The standard InChI is InChI=1S/C12H14N2O2/c1-9-2-3-11(10-7-13-14-8-10)12(6-9)16-5-4-15/h2-3,6-8,15H,4-5H2,1H3,(H,13,14). The predicted molar refractivity (Wildman–Crippen MR) is 61.3 cm³/mol. The van der Waals surface area contributed by atoms with Crippen molar-refractivity contribution in [2.24, 2.45) is 0 Å². The maximum Gasteiger partial charge on any atom is 0.127 e. The summed E-state index contributed by atoms with van der Waals surface area (Å²) in [5, 5.41) is 15.5. The summed E-state index contributed by atoms with van der Waals surface area (Å²) in [6, 6.07) is 5.97. The number of H-pyrrole nitrogens is 1. The quantitative estimate of drug-likeness (QED) is 0.822. The number of hydrogen-bond donors (Lipinski definition) is 2. The Morgan fingerprint density at radius 3 is 3.00 bits per heavy atom. The average molecular weight is 218 g/mol. The van der Waals surface area contributed by atoms with Gasteiger partial charge < -0.3 is 9.84 Å². The third kappa shape index (κ3) is 2.23. The van der Waals surface area contributed by atoms with Crippen LogP contribution in [0.25, 0.3) is 11.1 Å². The van der Waals surface area contributed by atoms with E-state index in [2.05, 4.69) is 10.2 Å². The van der Waals surface area contributed by atoms with Crippen molar-refractivity contribution in [2.75, 3.05) is 13.2 Å². The number of aromatic nitrogens is 2. The molecule has 0 unspecified atom stereocenters. The molecule has 84 valence electrons. The zero-order valence-electron chi connectivity index (χ0n) is 9.10. The van der Waals surface area contributed by atoms with Crippen molar-refractivity contribution in [1.29, 1.82) is 0 Å². The fourth-order valence-electron chi connectivity index (χ4n) is 1.54. The van der Waals surface area contributed by atoms with Crippen LogP contribution in [0.5, 0.6) is 5.75 Å². The van der Waals surface area contributed by atoms with Crippen LogP contribution < -0.4 is 4.74 Å². The number of hydrogen-bond acceptors (Lipinski definition) is 3. The van der Waals surface area contributed by atoms with Gasteiger partial charge in [-0.2, -0.15) is 5.10 Å². The molecule has 0 bridgehead atoms. The Morgan fingerprint density at radius 1 is 1.44 bits per heavy atom. The minimum atomic E-state index is 0.0127. The molecule has 1 heterocycles. The molecule has 0 saturated heterocycles. The Kier molecular flexibility index (Phi) is 3.22. The molecule has 0 radical (unpaired) electrons. The van der Waals surface area contributed by atoms with E-state index in [0.29, 0.717) is 6.61 Å². The summed E-state index contributed by atoms with van der Waals surface area (Å²) < 4.78 is 5.50. The maximum absolute atomic E-state index is 8.77. The molecule has 2 aromatic rings. The molecule has 1 aromatic heterocycles. The van der Waals surface area contributed by atoms with E-state index in [-0.39, 0.29) is 6.61 Å². The smallest absolute Gasteiger partial charge is 0.127 e. The van der Waals surface area contributed by atoms with E-state index in [0.717, 1.165) is 22.4 Å². The zero-order valence-corrected chi connectivity index (χ0v) is 9.10. The highest BCUT2D eigenvalue weighted by atomic mass is 16.5. The topological polar surface area (TPSA) is 58.1 Å². The van der Waals surface area contributed by atoms with Crippen molar-refractivity contribution in [3.8, 4) is 16.9 Å². The number of aliphatic hydroxyl groups is 1. The predicted octanol–water partition coefficient (Wildman–Crippen LogP) is 1.76. The lowest BCUT2D eigenvalue weighted by molar-refractivity contribution is 0.202. The Hall–Kier alpha value is -1.81. The Balaban J connectivity index is 2.36. The van der Waals surface area contributed by atoms with Crippen LogP contribution in [0.1, 0.15) is 5.56 Å². The molecule has 4 heteroatoms. The van der Waals surface area contributed by atoms with E-state index in [1.807, 2.05) is 31.3 Å². The summed E-state index contributed by atoms with van der Waals surface area (Å²) in [5.74, 6) is 0.774. The molecule has 0 fully saturated rings. The molecular formula is C12H14N2O2. The van der Waals surface area contributed by atoms with Crippen LogP contribution in [0.15, 0.2) is 30.6 Å². The van der Waals surface area contributed by atoms with Gasteiger partial charge in [0.2, 0.25) is 0 Å². The van der Waals surface area contributed by atoms with Crippen LogP contribution in [-0.2, 0) is 0 Å². The van der Waals surface area contributed by atoms with Gasteiger partial charge in [-0.1, -0.05) is 12.1 Å². The first-order chi connectivity index (χ1) is 7.81. The molecule has 0 aliphatic carbocycles. The van der Waals surface area contributed by atoms with Crippen LogP contribution in [0, 0.1) is 6.92 Å². The van der Waals surface area contributed by atoms with E-state index < -0.39 is 0 Å². The Labute approximate surface area is 93.9 Å². The normalized spacial score (nSPS) is 10.4. The third-order valence-electron chi connectivity index (χ3n) is 2.30. The highest BCUT2D eigenvalue weighted by Crippen LogP contribution is 2.30. The van der Waals surface area contributed by atoms with Gasteiger partial charge in [-0.15, -0.1) is 0 Å². The van der Waals surface area contributed by atoms with Crippen LogP contribution in [0.2, 0.25) is 0 Å². The number of benzene rings is 1. The number of ether oxygens (including phenoxy) is 1. The summed E-state index contributed by atoms with van der Waals surface area (Å²) in [5.41, 5.74) is 3.08. The first kappa shape index (κ1) is 10.7. The lowest BCUT2D eigenvalue weighted by Crippen LogP contribution is -2.02. The van der Waals surface area contributed by atoms with Crippen LogP contribution in [0.3, 0.4) is 0 Å². The van der Waals surface area contributed by atoms with E-state index in [9.17, 15) is 0 Å². The molecular weight excluding hydrogens is 204 g/mol. The summed E-state index contributed by atoms with van der Waals surface area (Å²) in [6.45, 7) is 2.32. The molecule has 2 rings (SSSR count). The van der Waals surface area contributed by atoms with Gasteiger partial charge >= 0.3 is 0 Å². The maximum atomic E-state index is 8.77. The first-order valence-electron chi connectivity index (χ1n) is 5.14. The fraction of sp³-hybridized carbons (Fsp3) is 0.250. The monoisotopic (exact) mass is 218 g/mol. The van der Waals surface area contributed by atoms with Crippen molar-refractivity contribution in [3.05, 3.63) is 36.2 Å². The Morgan fingerprint density at radius 2 is 2.31 bits per heavy atom. The molecule has 2 N–H and O–H groups in total. The zero-order chi connectivity index (χ0) is 11.4. The number of nitrogens with zero attached hydrogens (tertiary/aromatic N) is 1. The number of aromatic amines is 1. The van der Waals surface area contributed by atoms with Gasteiger partial charge in [0, 0.05) is 17.3 Å². The minimum absolute atomic E-state index is 0.0127. The van der Waals surface area contributed by atoms with Crippen molar-refractivity contribution < 1.29 is 9.84 Å². The average Bonchev–Trinajstić information content (AvgIpc) is 2.80. The molecule has 0 amide bonds. The van der Waals surface area contributed by atoms with Crippen molar-refractivity contribution >= 4 is 0 Å². The summed E-state index contributed by atoms with van der Waals surface area (Å²) in [4.78, 5) is 0. The van der Waals surface area contributed by atoms with Gasteiger partial charge in [0.25, 0.3) is 0 Å². The van der Waals surface area contributed by atoms with Gasteiger partial charge in [0.05, 0.1) is 12.8 Å². The second-order valence-electron chi connectivity index (χ2n) is 3.56. The van der Waals surface area contributed by atoms with Crippen molar-refractivity contribution in [3.63, 3.8) is 0 Å². The van der Waals surface area contributed by atoms with Gasteiger partial charge in [0.1, 0.15) is 12.4 Å². The second kappa shape index (κ2) is 4.81. The van der Waals surface area contributed by atoms with Crippen LogP contribution in [-0.4, -0.2) is 28.5 Å². The number of aliphatic hydroxyl groups excluding tert-OH is 1. The van der Waals surface area contributed by atoms with E-state index in [4.69, 9.17) is 9.84 Å². The fourth-order valence-corrected chi connectivity index (χ4v) is 1.54. The molecule has 4 nitrogen and oxygen atoms in total. The van der Waals surface area contributed by atoms with E-state index in [1.54, 1.807) is 6.20 Å². The lowest BCUT2D eigenvalue weighted by atomic mass is 10.1. The van der Waals surface area contributed by atoms with Gasteiger partial charge in [-0.25, -0.2) is 0 Å². The summed E-state index contributed by atoms with van der Waals surface area (Å²) in [6.07, 6.45) is 3.56. The highest BCUT2D eigenvalue weighted by molar-refractivity contribution is 5.69. The number of aryl methyl sites for hydroxylation is 1. The molecule has 1 aromatic carbocycles. The molecule has 0 atom stereocenters. The summed E-state index contributed by atoms with van der Waals surface area (Å²) in [7, 11) is 0. The highest BCUT2D eigenvalue weighted by Gasteiger charge is 2.07. The number of nitrogens with one attached hydrogen (secondary N) is 1. The van der Waals surface area contributed by atoms with Crippen molar-refractivity contribution in [1.82, 2.24) is 10.2 Å². The summed E-state index contributed by atoms with van der Waals surface area (Å²) >= 11 is 0. The van der Waals surface area contributed by atoms with Gasteiger partial charge in [-0.05, 0) is 18.6 Å². The van der Waals surface area contributed by atoms with E-state index >= 15 is 0 Å². The minimum Gasteiger partial charge on any atom is -0.491 e. The van der Waals surface area contributed by atoms with Crippen LogP contribution in [0.4, 0.5) is 0 Å². The third-order valence-corrected chi connectivity index (χ3v) is 2.30.